The molecule has 1 amide bonds. The van der Waals surface area contributed by atoms with Gasteiger partial charge in [-0.1, -0.05) is 13.8 Å². The van der Waals surface area contributed by atoms with Crippen LogP contribution in [0.3, 0.4) is 0 Å². The van der Waals surface area contributed by atoms with Crippen LogP contribution < -0.4 is 5.73 Å². The Hall–Kier alpha value is -1.06. The van der Waals surface area contributed by atoms with Gasteiger partial charge in [0.2, 0.25) is 5.91 Å². The molecule has 0 unspecified atom stereocenters. The lowest BCUT2D eigenvalue weighted by Gasteiger charge is -2.25. The van der Waals surface area contributed by atoms with Crippen LogP contribution in [0.15, 0.2) is 0 Å². The van der Waals surface area contributed by atoms with E-state index in [0.717, 1.165) is 0 Å². The Bertz CT molecular complexity index is 218. The molecule has 0 aliphatic heterocycles. The van der Waals surface area contributed by atoms with Gasteiger partial charge in [-0.3, -0.25) is 9.59 Å². The topological polar surface area (TPSA) is 80.4 Å². The van der Waals surface area contributed by atoms with Gasteiger partial charge in [0.1, 0.15) is 0 Å². The molecule has 0 aromatic carbocycles. The van der Waals surface area contributed by atoms with Crippen molar-refractivity contribution in [2.24, 2.45) is 16.6 Å². The van der Waals surface area contributed by atoms with Crippen LogP contribution in [0.25, 0.3) is 0 Å². The summed E-state index contributed by atoms with van der Waals surface area (Å²) in [7, 11) is 0. The molecule has 0 aromatic rings. The maximum Gasteiger partial charge on any atom is 0.309 e. The highest BCUT2D eigenvalue weighted by molar-refractivity contribution is 5.80. The average Bonchev–Trinajstić information content (AvgIpc) is 2.01. The second-order valence-electron chi connectivity index (χ2n) is 4.94. The molecule has 0 saturated carbocycles. The van der Waals surface area contributed by atoms with Crippen molar-refractivity contribution in [2.75, 3.05) is 0 Å². The van der Waals surface area contributed by atoms with E-state index in [1.54, 1.807) is 27.7 Å². The van der Waals surface area contributed by atoms with Crippen LogP contribution in [0.4, 0.5) is 0 Å². The zero-order valence-corrected chi connectivity index (χ0v) is 9.26. The summed E-state index contributed by atoms with van der Waals surface area (Å²) in [5.41, 5.74) is 3.76. The van der Waals surface area contributed by atoms with Crippen molar-refractivity contribution in [1.82, 2.24) is 0 Å². The van der Waals surface area contributed by atoms with E-state index < -0.39 is 22.7 Å². The highest BCUT2D eigenvalue weighted by atomic mass is 16.4. The van der Waals surface area contributed by atoms with Gasteiger partial charge in [0.05, 0.1) is 5.41 Å². The zero-order chi connectivity index (χ0) is 11.6. The number of carbonyl (C=O) groups excluding carboxylic acids is 1. The molecule has 0 saturated heterocycles. The highest BCUT2D eigenvalue weighted by Crippen LogP contribution is 2.30. The van der Waals surface area contributed by atoms with Gasteiger partial charge in [-0.15, -0.1) is 0 Å². The van der Waals surface area contributed by atoms with Crippen molar-refractivity contribution in [3.05, 3.63) is 0 Å². The Morgan fingerprint density at radius 1 is 1.07 bits per heavy atom. The van der Waals surface area contributed by atoms with E-state index in [0.29, 0.717) is 12.8 Å². The largest absolute Gasteiger partial charge is 0.481 e. The number of carboxylic acids is 1. The van der Waals surface area contributed by atoms with Crippen molar-refractivity contribution < 1.29 is 14.7 Å². The molecule has 0 spiro atoms. The molecule has 0 rings (SSSR count). The number of rotatable bonds is 5. The standard InChI is InChI=1S/C10H19NO3/c1-9(2,7(11)12)5-6-10(3,4)8(13)14/h5-6H2,1-4H3,(H2,11,12)(H,13,14). The number of hydrogen-bond acceptors (Lipinski definition) is 2. The molecule has 4 heteroatoms. The molecular formula is C10H19NO3. The smallest absolute Gasteiger partial charge is 0.309 e. The number of hydrogen-bond donors (Lipinski definition) is 2. The molecule has 0 atom stereocenters. The van der Waals surface area contributed by atoms with E-state index in [-0.39, 0.29) is 0 Å². The molecule has 0 aliphatic carbocycles. The number of primary amides is 1. The molecule has 14 heavy (non-hydrogen) atoms. The van der Waals surface area contributed by atoms with Gasteiger partial charge in [-0.05, 0) is 26.7 Å². The maximum absolute atomic E-state index is 11.0. The normalized spacial score (nSPS) is 12.6. The van der Waals surface area contributed by atoms with Gasteiger partial charge < -0.3 is 10.8 Å². The fraction of sp³-hybridized carbons (Fsp3) is 0.800. The van der Waals surface area contributed by atoms with Crippen LogP contribution in [0.5, 0.6) is 0 Å². The minimum atomic E-state index is -0.849. The van der Waals surface area contributed by atoms with E-state index >= 15 is 0 Å². The van der Waals surface area contributed by atoms with Gasteiger partial charge in [-0.2, -0.15) is 0 Å². The number of amides is 1. The molecule has 4 nitrogen and oxygen atoms in total. The Balaban J connectivity index is 4.32. The Labute approximate surface area is 84.5 Å². The number of carboxylic acid groups (broad SMARTS) is 1. The maximum atomic E-state index is 11.0. The van der Waals surface area contributed by atoms with Crippen LogP contribution in [-0.4, -0.2) is 17.0 Å². The molecule has 0 aromatic heterocycles. The van der Waals surface area contributed by atoms with Gasteiger partial charge in [-0.25, -0.2) is 0 Å². The first-order valence-corrected chi connectivity index (χ1v) is 4.63. The predicted octanol–water partition coefficient (Wildman–Crippen LogP) is 1.39. The molecular weight excluding hydrogens is 182 g/mol. The van der Waals surface area contributed by atoms with Crippen molar-refractivity contribution >= 4 is 11.9 Å². The molecule has 0 fully saturated rings. The van der Waals surface area contributed by atoms with E-state index in [9.17, 15) is 9.59 Å². The molecule has 3 N–H and O–H groups in total. The van der Waals surface area contributed by atoms with Crippen LogP contribution in [0.1, 0.15) is 40.5 Å². The predicted molar refractivity (Wildman–Crippen MR) is 53.6 cm³/mol. The number of carbonyl (C=O) groups is 2. The summed E-state index contributed by atoms with van der Waals surface area (Å²) in [5, 5.41) is 8.86. The molecule has 0 aliphatic rings. The molecule has 82 valence electrons. The van der Waals surface area contributed by atoms with Crippen LogP contribution >= 0.6 is 0 Å². The van der Waals surface area contributed by atoms with Gasteiger partial charge in [0, 0.05) is 5.41 Å². The lowest BCUT2D eigenvalue weighted by molar-refractivity contribution is -0.148. The molecule has 0 bridgehead atoms. The first kappa shape index (κ1) is 12.9. The second-order valence-corrected chi connectivity index (χ2v) is 4.94. The van der Waals surface area contributed by atoms with Gasteiger partial charge in [0.15, 0.2) is 0 Å². The van der Waals surface area contributed by atoms with Crippen LogP contribution in [0, 0.1) is 10.8 Å². The summed E-state index contributed by atoms with van der Waals surface area (Å²) in [6.45, 7) is 6.75. The zero-order valence-electron chi connectivity index (χ0n) is 9.26. The SMILES string of the molecule is CC(C)(CCC(C)(C)C(=O)O)C(N)=O. The van der Waals surface area contributed by atoms with E-state index in [4.69, 9.17) is 10.8 Å². The van der Waals surface area contributed by atoms with E-state index in [2.05, 4.69) is 0 Å². The van der Waals surface area contributed by atoms with Crippen molar-refractivity contribution in [2.45, 2.75) is 40.5 Å². The van der Waals surface area contributed by atoms with E-state index in [1.165, 1.54) is 0 Å². The minimum Gasteiger partial charge on any atom is -0.481 e. The molecule has 0 heterocycles. The second kappa shape index (κ2) is 3.98. The van der Waals surface area contributed by atoms with E-state index in [1.807, 2.05) is 0 Å². The minimum absolute atomic E-state index is 0.390. The van der Waals surface area contributed by atoms with Crippen molar-refractivity contribution in [3.8, 4) is 0 Å². The summed E-state index contributed by atoms with van der Waals surface area (Å²) >= 11 is 0. The third-order valence-electron chi connectivity index (χ3n) is 2.62. The highest BCUT2D eigenvalue weighted by Gasteiger charge is 2.32. The fourth-order valence-electron chi connectivity index (χ4n) is 0.855. The Morgan fingerprint density at radius 3 is 1.71 bits per heavy atom. The number of nitrogens with two attached hydrogens (primary N) is 1. The summed E-state index contributed by atoms with van der Waals surface area (Å²) < 4.78 is 0. The first-order valence-electron chi connectivity index (χ1n) is 4.63. The van der Waals surface area contributed by atoms with Crippen LogP contribution in [-0.2, 0) is 9.59 Å². The third kappa shape index (κ3) is 3.36. The lowest BCUT2D eigenvalue weighted by Crippen LogP contribution is -2.34. The monoisotopic (exact) mass is 201 g/mol. The average molecular weight is 201 g/mol. The Kier molecular flexibility index (Phi) is 3.68. The van der Waals surface area contributed by atoms with Gasteiger partial charge in [0.25, 0.3) is 0 Å². The van der Waals surface area contributed by atoms with Gasteiger partial charge >= 0.3 is 5.97 Å². The summed E-state index contributed by atoms with van der Waals surface area (Å²) in [5.74, 6) is -1.24. The summed E-state index contributed by atoms with van der Waals surface area (Å²) in [6.07, 6.45) is 0.930. The summed E-state index contributed by atoms with van der Waals surface area (Å²) in [6, 6.07) is 0. The van der Waals surface area contributed by atoms with Crippen molar-refractivity contribution in [1.29, 1.82) is 0 Å². The third-order valence-corrected chi connectivity index (χ3v) is 2.62. The van der Waals surface area contributed by atoms with Crippen LogP contribution in [0.2, 0.25) is 0 Å². The number of aliphatic carboxylic acids is 1. The van der Waals surface area contributed by atoms with Crippen molar-refractivity contribution in [3.63, 3.8) is 0 Å². The summed E-state index contributed by atoms with van der Waals surface area (Å²) in [4.78, 5) is 21.8. The lowest BCUT2D eigenvalue weighted by atomic mass is 9.79. The first-order chi connectivity index (χ1) is 6.09. The molecule has 0 radical (unpaired) electrons. The fourth-order valence-corrected chi connectivity index (χ4v) is 0.855. The Morgan fingerprint density at radius 2 is 1.43 bits per heavy atom. The quantitative estimate of drug-likeness (QED) is 0.705.